The molecule has 0 fully saturated rings. The molecule has 20 heavy (non-hydrogen) atoms. The first-order chi connectivity index (χ1) is 9.49. The summed E-state index contributed by atoms with van der Waals surface area (Å²) in [6, 6.07) is 12.2. The van der Waals surface area contributed by atoms with Crippen molar-refractivity contribution in [2.24, 2.45) is 0 Å². The Morgan fingerprint density at radius 2 is 1.95 bits per heavy atom. The molecule has 2 aromatic carbocycles. The van der Waals surface area contributed by atoms with E-state index in [4.69, 9.17) is 5.73 Å². The molecule has 0 aliphatic rings. The molecule has 0 heterocycles. The number of phenols is 1. The van der Waals surface area contributed by atoms with Crippen LogP contribution >= 0.6 is 0 Å². The van der Waals surface area contributed by atoms with Gasteiger partial charge in [-0.15, -0.1) is 0 Å². The van der Waals surface area contributed by atoms with Crippen LogP contribution in [0.1, 0.15) is 21.5 Å². The Morgan fingerprint density at radius 3 is 2.60 bits per heavy atom. The SMILES string of the molecule is Cc1cc(O)ccc1C(=O)N(C)Cc1ccccc1N. The van der Waals surface area contributed by atoms with Crippen LogP contribution in [0.5, 0.6) is 5.75 Å². The number of aromatic hydroxyl groups is 1. The molecule has 0 saturated heterocycles. The summed E-state index contributed by atoms with van der Waals surface area (Å²) in [5.41, 5.74) is 8.81. The lowest BCUT2D eigenvalue weighted by Gasteiger charge is -2.19. The summed E-state index contributed by atoms with van der Waals surface area (Å²) < 4.78 is 0. The van der Waals surface area contributed by atoms with E-state index in [0.29, 0.717) is 17.8 Å². The Morgan fingerprint density at radius 1 is 1.25 bits per heavy atom. The van der Waals surface area contributed by atoms with Gasteiger partial charge in [0.1, 0.15) is 5.75 Å². The van der Waals surface area contributed by atoms with Crippen molar-refractivity contribution in [3.63, 3.8) is 0 Å². The molecule has 0 aliphatic carbocycles. The molecule has 0 bridgehead atoms. The Bertz CT molecular complexity index is 638. The van der Waals surface area contributed by atoms with Gasteiger partial charge >= 0.3 is 0 Å². The van der Waals surface area contributed by atoms with Crippen LogP contribution in [0.4, 0.5) is 5.69 Å². The molecule has 104 valence electrons. The number of nitrogens with zero attached hydrogens (tertiary/aromatic N) is 1. The number of amides is 1. The summed E-state index contributed by atoms with van der Waals surface area (Å²) in [5, 5.41) is 9.39. The fourth-order valence-electron chi connectivity index (χ4n) is 2.10. The van der Waals surface area contributed by atoms with E-state index in [1.165, 1.54) is 6.07 Å². The number of nitrogen functional groups attached to an aromatic ring is 1. The fourth-order valence-corrected chi connectivity index (χ4v) is 2.10. The van der Waals surface area contributed by atoms with Crippen molar-refractivity contribution < 1.29 is 9.90 Å². The second-order valence-corrected chi connectivity index (χ2v) is 4.86. The lowest BCUT2D eigenvalue weighted by atomic mass is 10.1. The summed E-state index contributed by atoms with van der Waals surface area (Å²) in [5.74, 6) is 0.0692. The maximum absolute atomic E-state index is 12.4. The molecule has 2 rings (SSSR count). The number of anilines is 1. The molecule has 0 aromatic heterocycles. The number of nitrogens with two attached hydrogens (primary N) is 1. The summed E-state index contributed by atoms with van der Waals surface area (Å²) in [7, 11) is 1.74. The van der Waals surface area contributed by atoms with Crippen molar-refractivity contribution >= 4 is 11.6 Å². The third-order valence-corrected chi connectivity index (χ3v) is 3.25. The minimum atomic E-state index is -0.0919. The molecule has 0 radical (unpaired) electrons. The zero-order chi connectivity index (χ0) is 14.7. The zero-order valence-electron chi connectivity index (χ0n) is 11.6. The van der Waals surface area contributed by atoms with E-state index in [0.717, 1.165) is 11.1 Å². The first-order valence-electron chi connectivity index (χ1n) is 6.37. The van der Waals surface area contributed by atoms with Crippen molar-refractivity contribution in [3.05, 3.63) is 59.2 Å². The maximum atomic E-state index is 12.4. The van der Waals surface area contributed by atoms with E-state index in [1.54, 1.807) is 31.0 Å². The van der Waals surface area contributed by atoms with Crippen LogP contribution in [0.25, 0.3) is 0 Å². The first-order valence-corrected chi connectivity index (χ1v) is 6.37. The molecular weight excluding hydrogens is 252 g/mol. The van der Waals surface area contributed by atoms with Gasteiger partial charge in [0.2, 0.25) is 0 Å². The Labute approximate surface area is 118 Å². The number of carbonyl (C=O) groups is 1. The lowest BCUT2D eigenvalue weighted by molar-refractivity contribution is 0.0784. The molecular formula is C16H18N2O2. The first kappa shape index (κ1) is 13.9. The number of benzene rings is 2. The second kappa shape index (κ2) is 5.65. The number of aryl methyl sites for hydroxylation is 1. The minimum Gasteiger partial charge on any atom is -0.508 e. The van der Waals surface area contributed by atoms with E-state index < -0.39 is 0 Å². The zero-order valence-corrected chi connectivity index (χ0v) is 11.6. The molecule has 2 aromatic rings. The number of hydrogen-bond acceptors (Lipinski definition) is 3. The van der Waals surface area contributed by atoms with Gasteiger partial charge in [0.15, 0.2) is 0 Å². The van der Waals surface area contributed by atoms with Gasteiger partial charge in [-0.05, 0) is 42.3 Å². The van der Waals surface area contributed by atoms with Gasteiger partial charge in [0.05, 0.1) is 0 Å². The Hall–Kier alpha value is -2.49. The van der Waals surface area contributed by atoms with Crippen LogP contribution in [-0.4, -0.2) is 23.0 Å². The predicted octanol–water partition coefficient (Wildman–Crippen LogP) is 2.56. The summed E-state index contributed by atoms with van der Waals surface area (Å²) in [6.45, 7) is 2.25. The standard InChI is InChI=1S/C16H18N2O2/c1-11-9-13(19)7-8-14(11)16(20)18(2)10-12-5-3-4-6-15(12)17/h3-9,19H,10,17H2,1-2H3. The van der Waals surface area contributed by atoms with E-state index in [2.05, 4.69) is 0 Å². The van der Waals surface area contributed by atoms with Gasteiger partial charge in [-0.3, -0.25) is 4.79 Å². The molecule has 3 N–H and O–H groups in total. The molecule has 0 unspecified atom stereocenters. The fraction of sp³-hybridized carbons (Fsp3) is 0.188. The monoisotopic (exact) mass is 270 g/mol. The Balaban J connectivity index is 2.19. The number of hydrogen-bond donors (Lipinski definition) is 2. The topological polar surface area (TPSA) is 66.6 Å². The number of carbonyl (C=O) groups excluding carboxylic acids is 1. The van der Waals surface area contributed by atoms with Gasteiger partial charge in [-0.2, -0.15) is 0 Å². The third kappa shape index (κ3) is 2.91. The molecule has 0 aliphatic heterocycles. The van der Waals surface area contributed by atoms with E-state index >= 15 is 0 Å². The summed E-state index contributed by atoms with van der Waals surface area (Å²) in [6.07, 6.45) is 0. The normalized spacial score (nSPS) is 10.3. The van der Waals surface area contributed by atoms with E-state index in [9.17, 15) is 9.90 Å². The van der Waals surface area contributed by atoms with Gasteiger partial charge < -0.3 is 15.7 Å². The highest BCUT2D eigenvalue weighted by Crippen LogP contribution is 2.19. The average molecular weight is 270 g/mol. The smallest absolute Gasteiger partial charge is 0.254 e. The summed E-state index contributed by atoms with van der Waals surface area (Å²) in [4.78, 5) is 14.0. The highest BCUT2D eigenvalue weighted by atomic mass is 16.3. The maximum Gasteiger partial charge on any atom is 0.254 e. The number of para-hydroxylation sites is 1. The van der Waals surface area contributed by atoms with Crippen molar-refractivity contribution in [3.8, 4) is 5.75 Å². The Kier molecular flexibility index (Phi) is 3.94. The van der Waals surface area contributed by atoms with Crippen molar-refractivity contribution in [1.82, 2.24) is 4.90 Å². The van der Waals surface area contributed by atoms with Crippen molar-refractivity contribution in [1.29, 1.82) is 0 Å². The van der Waals surface area contributed by atoms with Gasteiger partial charge in [0, 0.05) is 24.8 Å². The second-order valence-electron chi connectivity index (χ2n) is 4.86. The molecule has 0 saturated carbocycles. The summed E-state index contributed by atoms with van der Waals surface area (Å²) >= 11 is 0. The van der Waals surface area contributed by atoms with Gasteiger partial charge in [-0.25, -0.2) is 0 Å². The highest BCUT2D eigenvalue weighted by molar-refractivity contribution is 5.95. The van der Waals surface area contributed by atoms with Crippen molar-refractivity contribution in [2.75, 3.05) is 12.8 Å². The van der Waals surface area contributed by atoms with Gasteiger partial charge in [0.25, 0.3) is 5.91 Å². The molecule has 1 amide bonds. The number of phenolic OH excluding ortho intramolecular Hbond substituents is 1. The lowest BCUT2D eigenvalue weighted by Crippen LogP contribution is -2.27. The highest BCUT2D eigenvalue weighted by Gasteiger charge is 2.15. The van der Waals surface area contributed by atoms with Crippen LogP contribution in [0.3, 0.4) is 0 Å². The quantitative estimate of drug-likeness (QED) is 0.842. The van der Waals surface area contributed by atoms with E-state index in [-0.39, 0.29) is 11.7 Å². The van der Waals surface area contributed by atoms with Gasteiger partial charge in [-0.1, -0.05) is 18.2 Å². The predicted molar refractivity (Wildman–Crippen MR) is 79.5 cm³/mol. The van der Waals surface area contributed by atoms with E-state index in [1.807, 2.05) is 24.3 Å². The largest absolute Gasteiger partial charge is 0.508 e. The van der Waals surface area contributed by atoms with Crippen LogP contribution in [0, 0.1) is 6.92 Å². The van der Waals surface area contributed by atoms with Crippen LogP contribution in [0.15, 0.2) is 42.5 Å². The molecule has 4 nitrogen and oxygen atoms in total. The minimum absolute atomic E-state index is 0.0919. The molecule has 0 atom stereocenters. The molecule has 4 heteroatoms. The van der Waals surface area contributed by atoms with Crippen LogP contribution in [0.2, 0.25) is 0 Å². The third-order valence-electron chi connectivity index (χ3n) is 3.25. The number of rotatable bonds is 3. The average Bonchev–Trinajstić information content (AvgIpc) is 2.40. The van der Waals surface area contributed by atoms with Crippen LogP contribution < -0.4 is 5.73 Å². The molecule has 0 spiro atoms. The van der Waals surface area contributed by atoms with Crippen LogP contribution in [-0.2, 0) is 6.54 Å². The van der Waals surface area contributed by atoms with Crippen molar-refractivity contribution in [2.45, 2.75) is 13.5 Å².